The molecule has 0 unspecified atom stereocenters. The number of nitrogens with zero attached hydrogens (tertiary/aromatic N) is 1. The van der Waals surface area contributed by atoms with Crippen molar-refractivity contribution in [3.63, 3.8) is 0 Å². The molecular weight excluding hydrogens is 328 g/mol. The lowest BCUT2D eigenvalue weighted by molar-refractivity contribution is -0.387. The molecule has 24 heavy (non-hydrogen) atoms. The number of sulfonamides is 1. The molecule has 7 heteroatoms. The molecule has 0 radical (unpaired) electrons. The van der Waals surface area contributed by atoms with Crippen LogP contribution in [0.4, 0.5) is 11.4 Å². The Morgan fingerprint density at radius 3 is 2.38 bits per heavy atom. The summed E-state index contributed by atoms with van der Waals surface area (Å²) < 4.78 is 28.0. The van der Waals surface area contributed by atoms with Crippen molar-refractivity contribution in [3.8, 4) is 0 Å². The van der Waals surface area contributed by atoms with Crippen molar-refractivity contribution in [3.05, 3.63) is 76.3 Å². The molecular formula is C17H14N2O4S. The molecule has 0 aliphatic rings. The number of benzene rings is 3. The van der Waals surface area contributed by atoms with Gasteiger partial charge in [0.05, 0.1) is 10.6 Å². The summed E-state index contributed by atoms with van der Waals surface area (Å²) in [5.74, 6) is 0. The summed E-state index contributed by atoms with van der Waals surface area (Å²) in [5, 5.41) is 12.8. The van der Waals surface area contributed by atoms with E-state index >= 15 is 0 Å². The minimum Gasteiger partial charge on any atom is -0.279 e. The topological polar surface area (TPSA) is 89.3 Å². The summed E-state index contributed by atoms with van der Waals surface area (Å²) in [7, 11) is -4.10. The van der Waals surface area contributed by atoms with Crippen LogP contribution in [-0.2, 0) is 10.0 Å². The molecule has 0 amide bonds. The number of nitro groups is 1. The third kappa shape index (κ3) is 2.81. The zero-order valence-corrected chi connectivity index (χ0v) is 13.6. The van der Waals surface area contributed by atoms with E-state index < -0.39 is 20.6 Å². The monoisotopic (exact) mass is 342 g/mol. The Balaban J connectivity index is 2.15. The lowest BCUT2D eigenvalue weighted by Crippen LogP contribution is -2.16. The van der Waals surface area contributed by atoms with Gasteiger partial charge in [0.1, 0.15) is 0 Å². The molecule has 0 aliphatic carbocycles. The van der Waals surface area contributed by atoms with Crippen molar-refractivity contribution in [1.82, 2.24) is 0 Å². The number of nitro benzene ring substituents is 1. The van der Waals surface area contributed by atoms with E-state index in [1.54, 1.807) is 24.3 Å². The van der Waals surface area contributed by atoms with E-state index in [4.69, 9.17) is 0 Å². The number of rotatable bonds is 4. The number of anilines is 1. The summed E-state index contributed by atoms with van der Waals surface area (Å²) in [6, 6.07) is 16.7. The van der Waals surface area contributed by atoms with E-state index in [-0.39, 0.29) is 4.90 Å². The fraction of sp³-hybridized carbons (Fsp3) is 0.0588. The minimum absolute atomic E-state index is 0.317. The molecule has 0 heterocycles. The van der Waals surface area contributed by atoms with Crippen molar-refractivity contribution in [1.29, 1.82) is 0 Å². The molecule has 0 atom stereocenters. The molecule has 0 saturated carbocycles. The van der Waals surface area contributed by atoms with Gasteiger partial charge in [0.15, 0.2) is 4.90 Å². The van der Waals surface area contributed by atoms with E-state index in [1.807, 2.05) is 18.2 Å². The van der Waals surface area contributed by atoms with Crippen LogP contribution in [-0.4, -0.2) is 13.3 Å². The first-order chi connectivity index (χ1) is 11.4. The number of hydrogen-bond donors (Lipinski definition) is 1. The molecule has 3 aromatic rings. The van der Waals surface area contributed by atoms with Crippen LogP contribution in [0.15, 0.2) is 65.6 Å². The molecule has 0 fully saturated rings. The van der Waals surface area contributed by atoms with Crippen LogP contribution < -0.4 is 4.72 Å². The molecule has 6 nitrogen and oxygen atoms in total. The average molecular weight is 342 g/mol. The van der Waals surface area contributed by atoms with E-state index in [1.165, 1.54) is 25.1 Å². The highest BCUT2D eigenvalue weighted by atomic mass is 32.2. The molecule has 1 N–H and O–H groups in total. The maximum atomic E-state index is 12.8. The summed E-state index contributed by atoms with van der Waals surface area (Å²) in [6.45, 7) is 1.53. The molecule has 0 spiro atoms. The van der Waals surface area contributed by atoms with Crippen molar-refractivity contribution < 1.29 is 13.3 Å². The van der Waals surface area contributed by atoms with Crippen molar-refractivity contribution >= 4 is 32.2 Å². The third-order valence-electron chi connectivity index (χ3n) is 3.69. The Hall–Kier alpha value is -2.93. The molecule has 0 saturated heterocycles. The van der Waals surface area contributed by atoms with Gasteiger partial charge < -0.3 is 0 Å². The quantitative estimate of drug-likeness (QED) is 0.576. The van der Waals surface area contributed by atoms with E-state index in [0.717, 1.165) is 10.8 Å². The molecule has 3 aromatic carbocycles. The molecule has 0 aromatic heterocycles. The third-order valence-corrected chi connectivity index (χ3v) is 5.25. The second-order valence-electron chi connectivity index (χ2n) is 5.31. The Labute approximate surface area is 138 Å². The van der Waals surface area contributed by atoms with Gasteiger partial charge in [0, 0.05) is 11.5 Å². The minimum atomic E-state index is -4.10. The predicted molar refractivity (Wildman–Crippen MR) is 92.6 cm³/mol. The van der Waals surface area contributed by atoms with Gasteiger partial charge in [-0.15, -0.1) is 0 Å². The highest BCUT2D eigenvalue weighted by Crippen LogP contribution is 2.31. The first-order valence-corrected chi connectivity index (χ1v) is 8.63. The number of aryl methyl sites for hydroxylation is 1. The van der Waals surface area contributed by atoms with E-state index in [0.29, 0.717) is 11.3 Å². The summed E-state index contributed by atoms with van der Waals surface area (Å²) in [4.78, 5) is 10.2. The van der Waals surface area contributed by atoms with Crippen LogP contribution in [0.2, 0.25) is 0 Å². The summed E-state index contributed by atoms with van der Waals surface area (Å²) in [6.07, 6.45) is 0. The van der Waals surface area contributed by atoms with Crippen LogP contribution in [0.1, 0.15) is 5.56 Å². The van der Waals surface area contributed by atoms with Crippen LogP contribution in [0.5, 0.6) is 0 Å². The highest BCUT2D eigenvalue weighted by Gasteiger charge is 2.28. The summed E-state index contributed by atoms with van der Waals surface area (Å²) >= 11 is 0. The van der Waals surface area contributed by atoms with Crippen molar-refractivity contribution in [2.75, 3.05) is 4.72 Å². The smallest absolute Gasteiger partial charge is 0.279 e. The van der Waals surface area contributed by atoms with Gasteiger partial charge in [-0.25, -0.2) is 8.42 Å². The highest BCUT2D eigenvalue weighted by molar-refractivity contribution is 7.93. The van der Waals surface area contributed by atoms with Gasteiger partial charge in [0.2, 0.25) is 0 Å². The normalized spacial score (nSPS) is 11.4. The van der Waals surface area contributed by atoms with Gasteiger partial charge in [-0.2, -0.15) is 0 Å². The Morgan fingerprint density at radius 1 is 0.958 bits per heavy atom. The molecule has 0 aliphatic heterocycles. The summed E-state index contributed by atoms with van der Waals surface area (Å²) in [5.41, 5.74) is 0.255. The Morgan fingerprint density at radius 2 is 1.62 bits per heavy atom. The van der Waals surface area contributed by atoms with E-state index in [9.17, 15) is 18.5 Å². The van der Waals surface area contributed by atoms with Crippen LogP contribution >= 0.6 is 0 Å². The maximum absolute atomic E-state index is 12.8. The largest absolute Gasteiger partial charge is 0.290 e. The second-order valence-corrected chi connectivity index (χ2v) is 6.93. The molecule has 0 bridgehead atoms. The molecule has 3 rings (SSSR count). The predicted octanol–water partition coefficient (Wildman–Crippen LogP) is 3.86. The molecule has 122 valence electrons. The van der Waals surface area contributed by atoms with Gasteiger partial charge in [-0.05, 0) is 23.9 Å². The fourth-order valence-electron chi connectivity index (χ4n) is 2.64. The lowest BCUT2D eigenvalue weighted by Gasteiger charge is -2.12. The van der Waals surface area contributed by atoms with Gasteiger partial charge >= 0.3 is 0 Å². The first kappa shape index (κ1) is 15.9. The van der Waals surface area contributed by atoms with Gasteiger partial charge in [-0.1, -0.05) is 48.5 Å². The lowest BCUT2D eigenvalue weighted by atomic mass is 10.1. The van der Waals surface area contributed by atoms with Crippen molar-refractivity contribution in [2.24, 2.45) is 0 Å². The number of nitrogens with one attached hydrogen (secondary N) is 1. The van der Waals surface area contributed by atoms with Crippen LogP contribution in [0, 0.1) is 17.0 Å². The zero-order valence-electron chi connectivity index (χ0n) is 12.8. The second kappa shape index (κ2) is 5.93. The number of hydrogen-bond acceptors (Lipinski definition) is 4. The maximum Gasteiger partial charge on any atom is 0.290 e. The van der Waals surface area contributed by atoms with Crippen molar-refractivity contribution in [2.45, 2.75) is 11.8 Å². The Kier molecular flexibility index (Phi) is 3.94. The van der Waals surface area contributed by atoms with Gasteiger partial charge in [0.25, 0.3) is 15.7 Å². The number of fused-ring (bicyclic) bond motifs is 1. The average Bonchev–Trinajstić information content (AvgIpc) is 2.54. The SMILES string of the molecule is Cc1cccc([N+](=O)[O-])c1S(=O)(=O)Nc1cccc2ccccc12. The van der Waals surface area contributed by atoms with Crippen LogP contribution in [0.3, 0.4) is 0 Å². The van der Waals surface area contributed by atoms with Gasteiger partial charge in [-0.3, -0.25) is 14.8 Å². The fourth-order valence-corrected chi connectivity index (χ4v) is 4.12. The zero-order chi connectivity index (χ0) is 17.3. The van der Waals surface area contributed by atoms with Crippen LogP contribution in [0.25, 0.3) is 10.8 Å². The Bertz CT molecular complexity index is 1040. The first-order valence-electron chi connectivity index (χ1n) is 7.15. The standard InChI is InChI=1S/C17H14N2O4S/c1-12-6-4-11-16(19(20)21)17(12)24(22,23)18-15-10-5-8-13-7-2-3-9-14(13)15/h2-11,18H,1H3. The van der Waals surface area contributed by atoms with E-state index in [2.05, 4.69) is 4.72 Å².